The van der Waals surface area contributed by atoms with Crippen molar-refractivity contribution >= 4 is 17.7 Å². The monoisotopic (exact) mass is 429 g/mol. The lowest BCUT2D eigenvalue weighted by molar-refractivity contribution is -0.118. The minimum Gasteiger partial charge on any atom is -0.496 e. The summed E-state index contributed by atoms with van der Waals surface area (Å²) in [5.41, 5.74) is 1.62. The molecule has 3 aromatic rings. The normalized spacial score (nSPS) is 10.5. The van der Waals surface area contributed by atoms with Crippen LogP contribution in [-0.4, -0.2) is 47.9 Å². The summed E-state index contributed by atoms with van der Waals surface area (Å²) >= 11 is 1.20. The van der Waals surface area contributed by atoms with Gasteiger partial charge in [0.2, 0.25) is 11.1 Å². The van der Waals surface area contributed by atoms with E-state index in [1.165, 1.54) is 16.4 Å². The molecule has 0 saturated heterocycles. The summed E-state index contributed by atoms with van der Waals surface area (Å²) in [6.07, 6.45) is 0. The average molecular weight is 430 g/mol. The van der Waals surface area contributed by atoms with Crippen molar-refractivity contribution in [2.45, 2.75) is 11.7 Å². The molecule has 0 unspecified atom stereocenters. The number of carbonyl (C=O) groups is 1. The van der Waals surface area contributed by atoms with Crippen molar-refractivity contribution in [2.75, 3.05) is 32.9 Å². The number of para-hydroxylation sites is 1. The number of nitrogens with two attached hydrogens (primary N) is 1. The molecule has 10 heteroatoms. The van der Waals surface area contributed by atoms with E-state index in [-0.39, 0.29) is 11.7 Å². The maximum atomic E-state index is 12.2. The minimum atomic E-state index is -0.151. The van der Waals surface area contributed by atoms with Crippen LogP contribution in [0.2, 0.25) is 0 Å². The molecule has 0 aliphatic carbocycles. The summed E-state index contributed by atoms with van der Waals surface area (Å²) in [7, 11) is 4.72. The molecule has 1 amide bonds. The molecule has 0 atom stereocenters. The summed E-state index contributed by atoms with van der Waals surface area (Å²) in [6.45, 7) is 0.371. The van der Waals surface area contributed by atoms with E-state index >= 15 is 0 Å². The minimum absolute atomic E-state index is 0.149. The maximum absolute atomic E-state index is 12.2. The highest BCUT2D eigenvalue weighted by Crippen LogP contribution is 2.32. The Morgan fingerprint density at radius 3 is 2.50 bits per heavy atom. The average Bonchev–Trinajstić information content (AvgIpc) is 3.16. The van der Waals surface area contributed by atoms with E-state index in [1.807, 2.05) is 30.3 Å². The van der Waals surface area contributed by atoms with Crippen molar-refractivity contribution in [2.24, 2.45) is 0 Å². The van der Waals surface area contributed by atoms with Crippen molar-refractivity contribution in [3.8, 4) is 28.6 Å². The number of nitrogens with one attached hydrogen (secondary N) is 1. The number of hydrogen-bond donors (Lipinski definition) is 2. The molecule has 2 aromatic carbocycles. The van der Waals surface area contributed by atoms with Crippen LogP contribution in [0.3, 0.4) is 0 Å². The fraction of sp³-hybridized carbons (Fsp3) is 0.250. The zero-order chi connectivity index (χ0) is 21.5. The first kappa shape index (κ1) is 21.3. The Morgan fingerprint density at radius 2 is 1.77 bits per heavy atom. The van der Waals surface area contributed by atoms with Crippen LogP contribution in [0.25, 0.3) is 11.4 Å². The molecule has 0 aliphatic heterocycles. The van der Waals surface area contributed by atoms with Crippen molar-refractivity contribution in [3.05, 3.63) is 48.0 Å². The van der Waals surface area contributed by atoms with Gasteiger partial charge in [0.1, 0.15) is 5.75 Å². The van der Waals surface area contributed by atoms with Gasteiger partial charge in [0.25, 0.3) is 0 Å². The van der Waals surface area contributed by atoms with Crippen molar-refractivity contribution < 1.29 is 19.0 Å². The maximum Gasteiger partial charge on any atom is 0.230 e. The summed E-state index contributed by atoms with van der Waals surface area (Å²) in [4.78, 5) is 12.2. The third kappa shape index (κ3) is 4.77. The number of nitrogens with zero attached hydrogens (tertiary/aromatic N) is 3. The second-order valence-corrected chi connectivity index (χ2v) is 7.07. The van der Waals surface area contributed by atoms with Crippen LogP contribution in [0.5, 0.6) is 17.2 Å². The topological polar surface area (TPSA) is 114 Å². The quantitative estimate of drug-likeness (QED) is 0.393. The first-order valence-corrected chi connectivity index (χ1v) is 10.00. The summed E-state index contributed by atoms with van der Waals surface area (Å²) in [6, 6.07) is 12.9. The first-order valence-electron chi connectivity index (χ1n) is 9.01. The largest absolute Gasteiger partial charge is 0.496 e. The number of methoxy groups -OCH3 is 3. The lowest BCUT2D eigenvalue weighted by Crippen LogP contribution is -2.25. The highest BCUT2D eigenvalue weighted by molar-refractivity contribution is 7.99. The standard InChI is InChI=1S/C20H23N5O4S/c1-27-15-7-5-4-6-14(15)11-22-18(26)12-30-20-24-23-19(25(20)21)13-8-9-16(28-2)17(10-13)29-3/h4-10H,11-12,21H2,1-3H3,(H,22,26). The Bertz CT molecular complexity index is 1020. The molecular formula is C20H23N5O4S. The summed E-state index contributed by atoms with van der Waals surface area (Å²) in [5, 5.41) is 11.5. The van der Waals surface area contributed by atoms with Crippen molar-refractivity contribution in [3.63, 3.8) is 0 Å². The lowest BCUT2D eigenvalue weighted by atomic mass is 10.2. The van der Waals surface area contributed by atoms with Crippen LogP contribution in [0.1, 0.15) is 5.56 Å². The van der Waals surface area contributed by atoms with Crippen molar-refractivity contribution in [1.82, 2.24) is 20.2 Å². The number of benzene rings is 2. The lowest BCUT2D eigenvalue weighted by Gasteiger charge is -2.10. The van der Waals surface area contributed by atoms with Crippen LogP contribution in [-0.2, 0) is 11.3 Å². The molecule has 0 saturated carbocycles. The van der Waals surface area contributed by atoms with Crippen LogP contribution >= 0.6 is 11.8 Å². The molecular weight excluding hydrogens is 406 g/mol. The van der Waals surface area contributed by atoms with Crippen LogP contribution in [0, 0.1) is 0 Å². The van der Waals surface area contributed by atoms with E-state index in [0.29, 0.717) is 29.0 Å². The van der Waals surface area contributed by atoms with E-state index in [1.54, 1.807) is 33.5 Å². The molecule has 0 fully saturated rings. The van der Waals surface area contributed by atoms with Crippen molar-refractivity contribution in [1.29, 1.82) is 0 Å². The van der Waals surface area contributed by atoms with Gasteiger partial charge in [0.15, 0.2) is 17.3 Å². The molecule has 1 heterocycles. The first-order chi connectivity index (χ1) is 14.6. The number of carbonyl (C=O) groups excluding carboxylic acids is 1. The Kier molecular flexibility index (Phi) is 7.02. The van der Waals surface area contributed by atoms with Gasteiger partial charge in [-0.05, 0) is 24.3 Å². The summed E-state index contributed by atoms with van der Waals surface area (Å²) < 4.78 is 17.2. The van der Waals surface area contributed by atoms with E-state index in [9.17, 15) is 4.79 Å². The van der Waals surface area contributed by atoms with Gasteiger partial charge in [0, 0.05) is 17.7 Å². The van der Waals surface area contributed by atoms with E-state index in [0.717, 1.165) is 16.9 Å². The van der Waals surface area contributed by atoms with Crippen LogP contribution < -0.4 is 25.4 Å². The number of aromatic nitrogens is 3. The number of thioether (sulfide) groups is 1. The zero-order valence-corrected chi connectivity index (χ0v) is 17.7. The van der Waals surface area contributed by atoms with Gasteiger partial charge in [0.05, 0.1) is 27.1 Å². The smallest absolute Gasteiger partial charge is 0.230 e. The number of ether oxygens (including phenoxy) is 3. The zero-order valence-electron chi connectivity index (χ0n) is 16.9. The van der Waals surface area contributed by atoms with Gasteiger partial charge in [-0.3, -0.25) is 4.79 Å². The highest BCUT2D eigenvalue weighted by Gasteiger charge is 2.16. The van der Waals surface area contributed by atoms with E-state index in [4.69, 9.17) is 20.1 Å². The Hall–Kier alpha value is -3.40. The Morgan fingerprint density at radius 1 is 1.03 bits per heavy atom. The number of hydrogen-bond acceptors (Lipinski definition) is 8. The molecule has 0 spiro atoms. The molecule has 0 bridgehead atoms. The molecule has 9 nitrogen and oxygen atoms in total. The Labute approximate surface area is 178 Å². The molecule has 1 aromatic heterocycles. The molecule has 3 N–H and O–H groups in total. The van der Waals surface area contributed by atoms with Gasteiger partial charge >= 0.3 is 0 Å². The SMILES string of the molecule is COc1ccccc1CNC(=O)CSc1nnc(-c2ccc(OC)c(OC)c2)n1N. The molecule has 0 aliphatic rings. The van der Waals surface area contributed by atoms with Crippen LogP contribution in [0.4, 0.5) is 0 Å². The molecule has 3 rings (SSSR count). The van der Waals surface area contributed by atoms with Gasteiger partial charge in [-0.1, -0.05) is 30.0 Å². The predicted octanol–water partition coefficient (Wildman–Crippen LogP) is 2.09. The third-order valence-electron chi connectivity index (χ3n) is 4.31. The fourth-order valence-electron chi connectivity index (χ4n) is 2.77. The predicted molar refractivity (Wildman–Crippen MR) is 114 cm³/mol. The second-order valence-electron chi connectivity index (χ2n) is 6.12. The molecule has 158 valence electrons. The number of nitrogen functional groups attached to an aromatic ring is 1. The second kappa shape index (κ2) is 9.88. The van der Waals surface area contributed by atoms with E-state index in [2.05, 4.69) is 15.5 Å². The van der Waals surface area contributed by atoms with Gasteiger partial charge in [-0.25, -0.2) is 4.68 Å². The highest BCUT2D eigenvalue weighted by atomic mass is 32.2. The van der Waals surface area contributed by atoms with Crippen LogP contribution in [0.15, 0.2) is 47.6 Å². The molecule has 0 radical (unpaired) electrons. The third-order valence-corrected chi connectivity index (χ3v) is 5.25. The van der Waals surface area contributed by atoms with Gasteiger partial charge in [-0.15, -0.1) is 10.2 Å². The van der Waals surface area contributed by atoms with E-state index < -0.39 is 0 Å². The van der Waals surface area contributed by atoms with Gasteiger partial charge in [-0.2, -0.15) is 0 Å². The number of rotatable bonds is 9. The van der Waals surface area contributed by atoms with Gasteiger partial charge < -0.3 is 25.4 Å². The fourth-order valence-corrected chi connectivity index (χ4v) is 3.46. The number of amides is 1. The molecule has 30 heavy (non-hydrogen) atoms. The summed E-state index contributed by atoms with van der Waals surface area (Å²) in [5.74, 6) is 8.48. The Balaban J connectivity index is 1.62.